The van der Waals surface area contributed by atoms with E-state index in [2.05, 4.69) is 20.2 Å². The van der Waals surface area contributed by atoms with Gasteiger partial charge in [0.15, 0.2) is 0 Å². The highest BCUT2D eigenvalue weighted by Gasteiger charge is 2.32. The molecular weight excluding hydrogens is 538 g/mol. The smallest absolute Gasteiger partial charge is 0.290 e. The second-order valence-electron chi connectivity index (χ2n) is 9.28. The van der Waals surface area contributed by atoms with Crippen LogP contribution in [-0.2, 0) is 15.9 Å². The molecule has 0 unspecified atom stereocenters. The van der Waals surface area contributed by atoms with E-state index in [4.69, 9.17) is 8.94 Å². The first kappa shape index (κ1) is 27.1. The molecule has 0 spiro atoms. The molecule has 3 aromatic carbocycles. The third-order valence-corrected chi connectivity index (χ3v) is 8.15. The zero-order chi connectivity index (χ0) is 28.5. The number of alkyl halides is 2. The highest BCUT2D eigenvalue weighted by atomic mass is 32.2. The lowest BCUT2D eigenvalue weighted by Crippen LogP contribution is -2.25. The number of halogens is 2. The number of aromatic nitrogens is 2. The molecule has 0 radical (unpaired) electrons. The van der Waals surface area contributed by atoms with Crippen LogP contribution in [0.4, 0.5) is 20.4 Å². The zero-order valence-electron chi connectivity index (χ0n) is 21.9. The molecule has 0 aliphatic carbocycles. The van der Waals surface area contributed by atoms with Gasteiger partial charge in [0.2, 0.25) is 11.8 Å². The maximum atomic E-state index is 14.9. The normalized spacial score (nSPS) is 11.9. The van der Waals surface area contributed by atoms with Crippen molar-refractivity contribution in [2.24, 2.45) is 0 Å². The molecule has 8 nitrogen and oxygen atoms in total. The van der Waals surface area contributed by atoms with Crippen LogP contribution in [0.25, 0.3) is 22.6 Å². The number of aryl methyl sites for hydroxylation is 1. The third kappa shape index (κ3) is 5.32. The Bertz CT molecular complexity index is 1740. The van der Waals surface area contributed by atoms with Gasteiger partial charge in [-0.3, -0.25) is 0 Å². The van der Waals surface area contributed by atoms with Crippen molar-refractivity contribution in [2.45, 2.75) is 31.6 Å². The molecule has 0 fully saturated rings. The van der Waals surface area contributed by atoms with E-state index in [1.165, 1.54) is 24.6 Å². The molecule has 0 bridgehead atoms. The molecule has 0 atom stereocenters. The van der Waals surface area contributed by atoms with Crippen molar-refractivity contribution >= 4 is 21.6 Å². The first-order chi connectivity index (χ1) is 19.1. The maximum Gasteiger partial charge on any atom is 0.290 e. The summed E-state index contributed by atoms with van der Waals surface area (Å²) in [5, 5.41) is 6.57. The second-order valence-corrected chi connectivity index (χ2v) is 10.9. The van der Waals surface area contributed by atoms with Crippen LogP contribution in [-0.4, -0.2) is 25.1 Å². The van der Waals surface area contributed by atoms with Crippen molar-refractivity contribution in [3.8, 4) is 22.6 Å². The Morgan fingerprint density at radius 2 is 1.60 bits per heavy atom. The van der Waals surface area contributed by atoms with Gasteiger partial charge in [0.25, 0.3) is 15.9 Å². The molecule has 206 valence electrons. The van der Waals surface area contributed by atoms with E-state index in [9.17, 15) is 17.2 Å². The minimum absolute atomic E-state index is 0.0175. The van der Waals surface area contributed by atoms with Crippen LogP contribution in [0.5, 0.6) is 0 Å². The number of anilines is 2. The average molecular weight is 565 g/mol. The molecule has 40 heavy (non-hydrogen) atoms. The van der Waals surface area contributed by atoms with Gasteiger partial charge < -0.3 is 14.3 Å². The molecule has 2 aromatic heterocycles. The fourth-order valence-electron chi connectivity index (χ4n) is 4.29. The topological polar surface area (TPSA) is 110 Å². The molecular formula is C29H26F2N4O4S. The Kier molecular flexibility index (Phi) is 7.16. The number of hydrogen-bond acceptors (Lipinski definition) is 7. The summed E-state index contributed by atoms with van der Waals surface area (Å²) < 4.78 is 70.5. The summed E-state index contributed by atoms with van der Waals surface area (Å²) in [6.45, 7) is 4.22. The standard InChI is InChI=1S/C29H26F2N4O4S/c1-18-20(3)34-39-27(18)35-40(36,37)26-19(2)25(33-17-29(30,31)23-7-5-4-6-8-23)14-13-24(26)21-9-11-22(12-10-21)28-32-15-16-38-28/h4-16,33,35H,17H2,1-3H3. The molecule has 0 saturated heterocycles. The summed E-state index contributed by atoms with van der Waals surface area (Å²) in [5.74, 6) is -2.78. The number of oxazole rings is 1. The van der Waals surface area contributed by atoms with Crippen molar-refractivity contribution < 1.29 is 26.1 Å². The van der Waals surface area contributed by atoms with Gasteiger partial charge in [0, 0.05) is 27.9 Å². The van der Waals surface area contributed by atoms with Gasteiger partial charge in [-0.05, 0) is 50.1 Å². The van der Waals surface area contributed by atoms with E-state index in [1.54, 1.807) is 75.4 Å². The SMILES string of the molecule is Cc1noc(NS(=O)(=O)c2c(-c3ccc(-c4ncco4)cc3)ccc(NCC(F)(F)c3ccccc3)c2C)c1C. The molecule has 5 rings (SSSR count). The van der Waals surface area contributed by atoms with E-state index in [1.807, 2.05) is 0 Å². The Balaban J connectivity index is 1.55. The monoisotopic (exact) mass is 564 g/mol. The fourth-order valence-corrected chi connectivity index (χ4v) is 5.81. The summed E-state index contributed by atoms with van der Waals surface area (Å²) in [4.78, 5) is 4.05. The molecule has 0 saturated carbocycles. The quantitative estimate of drug-likeness (QED) is 0.200. The molecule has 5 aromatic rings. The van der Waals surface area contributed by atoms with Gasteiger partial charge in [0.1, 0.15) is 11.2 Å². The third-order valence-electron chi connectivity index (χ3n) is 6.63. The van der Waals surface area contributed by atoms with Gasteiger partial charge in [-0.25, -0.2) is 18.1 Å². The van der Waals surface area contributed by atoms with E-state index in [0.717, 1.165) is 0 Å². The predicted molar refractivity (Wildman–Crippen MR) is 148 cm³/mol. The van der Waals surface area contributed by atoms with Crippen LogP contribution < -0.4 is 10.0 Å². The van der Waals surface area contributed by atoms with E-state index in [0.29, 0.717) is 33.8 Å². The van der Waals surface area contributed by atoms with Crippen LogP contribution in [0.2, 0.25) is 0 Å². The Hall–Kier alpha value is -4.51. The molecule has 0 aliphatic rings. The fraction of sp³-hybridized carbons (Fsp3) is 0.172. The largest absolute Gasteiger partial charge is 0.445 e. The van der Waals surface area contributed by atoms with Crippen molar-refractivity contribution in [1.82, 2.24) is 10.1 Å². The van der Waals surface area contributed by atoms with Crippen LogP contribution in [0.3, 0.4) is 0 Å². The van der Waals surface area contributed by atoms with Crippen molar-refractivity contribution in [3.05, 3.63) is 102 Å². The van der Waals surface area contributed by atoms with Gasteiger partial charge in [-0.15, -0.1) is 0 Å². The van der Waals surface area contributed by atoms with E-state index in [-0.39, 0.29) is 27.6 Å². The number of nitrogens with zero attached hydrogens (tertiary/aromatic N) is 2. The lowest BCUT2D eigenvalue weighted by molar-refractivity contribution is 0.0106. The number of benzene rings is 3. The van der Waals surface area contributed by atoms with Gasteiger partial charge >= 0.3 is 0 Å². The van der Waals surface area contributed by atoms with Crippen LogP contribution in [0, 0.1) is 20.8 Å². The van der Waals surface area contributed by atoms with Crippen LogP contribution in [0.1, 0.15) is 22.4 Å². The second kappa shape index (κ2) is 10.6. The molecule has 2 N–H and O–H groups in total. The molecule has 0 aliphatic heterocycles. The molecule has 0 amide bonds. The summed E-state index contributed by atoms with van der Waals surface area (Å²) in [6.07, 6.45) is 2.99. The highest BCUT2D eigenvalue weighted by Crippen LogP contribution is 2.37. The Morgan fingerprint density at radius 1 is 0.900 bits per heavy atom. The number of rotatable bonds is 9. The summed E-state index contributed by atoms with van der Waals surface area (Å²) in [6, 6.07) is 17.6. The minimum Gasteiger partial charge on any atom is -0.445 e. The molecule has 11 heteroatoms. The summed E-state index contributed by atoms with van der Waals surface area (Å²) in [5.41, 5.74) is 3.12. The molecule has 2 heterocycles. The lowest BCUT2D eigenvalue weighted by atomic mass is 10.0. The van der Waals surface area contributed by atoms with Crippen LogP contribution in [0.15, 0.2) is 93.0 Å². The first-order valence-electron chi connectivity index (χ1n) is 12.3. The van der Waals surface area contributed by atoms with Gasteiger partial charge in [0.05, 0.1) is 18.4 Å². The number of nitrogens with one attached hydrogen (secondary N) is 2. The summed E-state index contributed by atoms with van der Waals surface area (Å²) >= 11 is 0. The van der Waals surface area contributed by atoms with E-state index < -0.39 is 22.5 Å². The summed E-state index contributed by atoms with van der Waals surface area (Å²) in [7, 11) is -4.26. The lowest BCUT2D eigenvalue weighted by Gasteiger charge is -2.21. The number of sulfonamides is 1. The zero-order valence-corrected chi connectivity index (χ0v) is 22.7. The number of hydrogen-bond donors (Lipinski definition) is 2. The van der Waals surface area contributed by atoms with Gasteiger partial charge in [-0.1, -0.05) is 53.7 Å². The van der Waals surface area contributed by atoms with E-state index >= 15 is 0 Å². The Labute approximate surface area is 230 Å². The van der Waals surface area contributed by atoms with Crippen molar-refractivity contribution in [3.63, 3.8) is 0 Å². The predicted octanol–water partition coefficient (Wildman–Crippen LogP) is 6.93. The maximum absolute atomic E-state index is 14.9. The first-order valence-corrected chi connectivity index (χ1v) is 13.8. The van der Waals surface area contributed by atoms with Crippen LogP contribution >= 0.6 is 0 Å². The van der Waals surface area contributed by atoms with Gasteiger partial charge in [-0.2, -0.15) is 8.78 Å². The van der Waals surface area contributed by atoms with Crippen molar-refractivity contribution in [1.29, 1.82) is 0 Å². The minimum atomic E-state index is -4.26. The Morgan fingerprint density at radius 3 is 2.23 bits per heavy atom. The van der Waals surface area contributed by atoms with Crippen molar-refractivity contribution in [2.75, 3.05) is 16.6 Å². The average Bonchev–Trinajstić information content (AvgIpc) is 3.59. The highest BCUT2D eigenvalue weighted by molar-refractivity contribution is 7.93.